The van der Waals surface area contributed by atoms with Gasteiger partial charge >= 0.3 is 0 Å². The Kier molecular flexibility index (Phi) is 3.37. The van der Waals surface area contributed by atoms with Crippen molar-refractivity contribution in [3.05, 3.63) is 29.6 Å². The highest BCUT2D eigenvalue weighted by Gasteiger charge is 2.17. The second kappa shape index (κ2) is 4.95. The molecule has 0 aliphatic carbocycles. The summed E-state index contributed by atoms with van der Waals surface area (Å²) in [5.41, 5.74) is 0.610. The number of hydrogen-bond donors (Lipinski definition) is 1. The minimum Gasteiger partial charge on any atom is -0.369 e. The molecule has 1 heterocycles. The van der Waals surface area contributed by atoms with Gasteiger partial charge in [-0.2, -0.15) is 0 Å². The summed E-state index contributed by atoms with van der Waals surface area (Å²) in [4.78, 5) is 23.9. The van der Waals surface area contributed by atoms with E-state index in [1.54, 1.807) is 12.1 Å². The Morgan fingerprint density at radius 3 is 2.94 bits per heavy atom. The van der Waals surface area contributed by atoms with Gasteiger partial charge in [-0.1, -0.05) is 6.07 Å². The topological polar surface area (TPSA) is 49.4 Å². The lowest BCUT2D eigenvalue weighted by Gasteiger charge is -2.23. The molecule has 1 fully saturated rings. The number of rotatable bonds is 2. The minimum atomic E-state index is -0.527. The third-order valence-corrected chi connectivity index (χ3v) is 2.80. The predicted octanol–water partition coefficient (Wildman–Crippen LogP) is 0.964. The third-order valence-electron chi connectivity index (χ3n) is 2.80. The van der Waals surface area contributed by atoms with Gasteiger partial charge in [0.05, 0.1) is 11.3 Å². The zero-order chi connectivity index (χ0) is 12.3. The Hall–Kier alpha value is -1.91. The first-order valence-corrected chi connectivity index (χ1v) is 5.47. The number of halogens is 1. The van der Waals surface area contributed by atoms with Crippen molar-refractivity contribution in [1.82, 2.24) is 5.32 Å². The van der Waals surface area contributed by atoms with Crippen LogP contribution < -0.4 is 10.2 Å². The zero-order valence-corrected chi connectivity index (χ0v) is 9.28. The average molecular weight is 236 g/mol. The smallest absolute Gasteiger partial charge is 0.221 e. The first-order valence-electron chi connectivity index (χ1n) is 5.47. The second-order valence-corrected chi connectivity index (χ2v) is 3.88. The van der Waals surface area contributed by atoms with Crippen molar-refractivity contribution in [2.75, 3.05) is 24.5 Å². The molecule has 1 aliphatic rings. The number of nitrogens with zero attached hydrogens (tertiary/aromatic N) is 1. The molecule has 1 N–H and O–H groups in total. The molecule has 0 saturated carbocycles. The number of anilines is 1. The molecule has 1 aromatic rings. The van der Waals surface area contributed by atoms with Gasteiger partial charge in [-0.3, -0.25) is 9.59 Å². The van der Waals surface area contributed by atoms with Crippen LogP contribution >= 0.6 is 0 Å². The molecule has 1 aromatic carbocycles. The van der Waals surface area contributed by atoms with Crippen LogP contribution in [0.3, 0.4) is 0 Å². The molecule has 2 rings (SSSR count). The molecule has 1 aliphatic heterocycles. The van der Waals surface area contributed by atoms with E-state index in [1.807, 2.05) is 4.90 Å². The van der Waals surface area contributed by atoms with E-state index in [-0.39, 0.29) is 11.5 Å². The number of benzene rings is 1. The highest BCUT2D eigenvalue weighted by molar-refractivity contribution is 5.85. The molecule has 1 saturated heterocycles. The molecule has 17 heavy (non-hydrogen) atoms. The second-order valence-electron chi connectivity index (χ2n) is 3.88. The first-order chi connectivity index (χ1) is 8.22. The lowest BCUT2D eigenvalue weighted by atomic mass is 10.1. The van der Waals surface area contributed by atoms with Crippen molar-refractivity contribution >= 4 is 17.9 Å². The highest BCUT2D eigenvalue weighted by Crippen LogP contribution is 2.22. The Morgan fingerprint density at radius 1 is 1.35 bits per heavy atom. The van der Waals surface area contributed by atoms with Gasteiger partial charge in [0.1, 0.15) is 5.82 Å². The molecule has 0 aromatic heterocycles. The summed E-state index contributed by atoms with van der Waals surface area (Å²) in [5, 5.41) is 2.73. The maximum Gasteiger partial charge on any atom is 0.221 e. The van der Waals surface area contributed by atoms with E-state index in [4.69, 9.17) is 0 Å². The number of amides is 1. The summed E-state index contributed by atoms with van der Waals surface area (Å²) < 4.78 is 13.4. The van der Waals surface area contributed by atoms with Crippen LogP contribution in [0.2, 0.25) is 0 Å². The van der Waals surface area contributed by atoms with Gasteiger partial charge in [-0.25, -0.2) is 4.39 Å². The lowest BCUT2D eigenvalue weighted by Crippen LogP contribution is -2.29. The fourth-order valence-corrected chi connectivity index (χ4v) is 1.93. The largest absolute Gasteiger partial charge is 0.369 e. The average Bonchev–Trinajstić information content (AvgIpc) is 2.54. The zero-order valence-electron chi connectivity index (χ0n) is 9.28. The van der Waals surface area contributed by atoms with Gasteiger partial charge in [0, 0.05) is 26.1 Å². The van der Waals surface area contributed by atoms with Crippen LogP contribution in [0.4, 0.5) is 10.1 Å². The van der Waals surface area contributed by atoms with Gasteiger partial charge < -0.3 is 10.2 Å². The van der Waals surface area contributed by atoms with E-state index in [9.17, 15) is 14.0 Å². The summed E-state index contributed by atoms with van der Waals surface area (Å²) in [7, 11) is 0. The molecular formula is C12H13FN2O2. The van der Waals surface area contributed by atoms with Crippen LogP contribution in [0.15, 0.2) is 18.2 Å². The van der Waals surface area contributed by atoms with Crippen LogP contribution in [0.1, 0.15) is 16.8 Å². The van der Waals surface area contributed by atoms with Crippen molar-refractivity contribution in [2.45, 2.75) is 6.42 Å². The van der Waals surface area contributed by atoms with Crippen LogP contribution in [-0.4, -0.2) is 31.8 Å². The van der Waals surface area contributed by atoms with Crippen molar-refractivity contribution in [3.63, 3.8) is 0 Å². The molecule has 90 valence electrons. The third kappa shape index (κ3) is 2.43. The van der Waals surface area contributed by atoms with E-state index in [2.05, 4.69) is 5.32 Å². The lowest BCUT2D eigenvalue weighted by molar-refractivity contribution is -0.120. The van der Waals surface area contributed by atoms with E-state index >= 15 is 0 Å². The normalized spacial score (nSPS) is 16.3. The molecule has 0 radical (unpaired) electrons. The molecule has 1 amide bonds. The summed E-state index contributed by atoms with van der Waals surface area (Å²) in [5.74, 6) is -0.544. The number of aldehydes is 1. The number of nitrogens with one attached hydrogen (secondary N) is 1. The van der Waals surface area contributed by atoms with Crippen molar-refractivity contribution in [2.24, 2.45) is 0 Å². The summed E-state index contributed by atoms with van der Waals surface area (Å²) >= 11 is 0. The van der Waals surface area contributed by atoms with Crippen LogP contribution in [0.25, 0.3) is 0 Å². The van der Waals surface area contributed by atoms with Crippen molar-refractivity contribution in [3.8, 4) is 0 Å². The van der Waals surface area contributed by atoms with Crippen LogP contribution in [-0.2, 0) is 4.79 Å². The summed E-state index contributed by atoms with van der Waals surface area (Å²) in [6, 6.07) is 4.52. The number of carbonyl (C=O) groups is 2. The van der Waals surface area contributed by atoms with Crippen molar-refractivity contribution in [1.29, 1.82) is 0 Å². The number of carbonyl (C=O) groups excluding carboxylic acids is 2. The standard InChI is InChI=1S/C12H13FN2O2/c13-10-2-1-3-11(9(10)8-16)15-6-4-12(17)14-5-7-15/h1-3,8H,4-7H2,(H,14,17). The maximum atomic E-state index is 13.4. The van der Waals surface area contributed by atoms with E-state index in [1.165, 1.54) is 6.07 Å². The Labute approximate surface area is 98.4 Å². The molecular weight excluding hydrogens is 223 g/mol. The quantitative estimate of drug-likeness (QED) is 0.778. The SMILES string of the molecule is O=Cc1c(F)cccc1N1CCNC(=O)CC1. The molecule has 4 nitrogen and oxygen atoms in total. The van der Waals surface area contributed by atoms with Gasteiger partial charge in [0.2, 0.25) is 5.91 Å². The minimum absolute atomic E-state index is 0.0171. The monoisotopic (exact) mass is 236 g/mol. The first kappa shape index (κ1) is 11.6. The summed E-state index contributed by atoms with van der Waals surface area (Å²) in [6.07, 6.45) is 0.875. The fourth-order valence-electron chi connectivity index (χ4n) is 1.93. The predicted molar refractivity (Wildman–Crippen MR) is 61.6 cm³/mol. The maximum absolute atomic E-state index is 13.4. The van der Waals surface area contributed by atoms with Crippen LogP contribution in [0.5, 0.6) is 0 Å². The van der Waals surface area contributed by atoms with Gasteiger partial charge in [-0.05, 0) is 12.1 Å². The molecule has 0 atom stereocenters. The van der Waals surface area contributed by atoms with Gasteiger partial charge in [0.25, 0.3) is 0 Å². The molecule has 0 spiro atoms. The molecule has 5 heteroatoms. The van der Waals surface area contributed by atoms with E-state index in [0.29, 0.717) is 38.0 Å². The van der Waals surface area contributed by atoms with Gasteiger partial charge in [-0.15, -0.1) is 0 Å². The fraction of sp³-hybridized carbons (Fsp3) is 0.333. The summed E-state index contributed by atoms with van der Waals surface area (Å²) in [6.45, 7) is 1.58. The highest BCUT2D eigenvalue weighted by atomic mass is 19.1. The number of hydrogen-bond acceptors (Lipinski definition) is 3. The van der Waals surface area contributed by atoms with E-state index in [0.717, 1.165) is 0 Å². The Morgan fingerprint density at radius 2 is 2.18 bits per heavy atom. The molecule has 0 bridgehead atoms. The van der Waals surface area contributed by atoms with Gasteiger partial charge in [0.15, 0.2) is 6.29 Å². The Balaban J connectivity index is 2.29. The Bertz CT molecular complexity index is 448. The van der Waals surface area contributed by atoms with Crippen LogP contribution in [0, 0.1) is 5.82 Å². The van der Waals surface area contributed by atoms with E-state index < -0.39 is 5.82 Å². The van der Waals surface area contributed by atoms with Crippen molar-refractivity contribution < 1.29 is 14.0 Å². The molecule has 0 unspecified atom stereocenters.